The third-order valence-corrected chi connectivity index (χ3v) is 0.996. The van der Waals surface area contributed by atoms with E-state index in [4.69, 9.17) is 0 Å². The van der Waals surface area contributed by atoms with E-state index < -0.39 is 0 Å². The van der Waals surface area contributed by atoms with Crippen LogP contribution in [0.5, 0.6) is 0 Å². The fourth-order valence-electron chi connectivity index (χ4n) is 0.701. The Labute approximate surface area is 130 Å². The van der Waals surface area contributed by atoms with Gasteiger partial charge >= 0.3 is 48.9 Å². The predicted octanol–water partition coefficient (Wildman–Crippen LogP) is 0.193. The van der Waals surface area contributed by atoms with Crippen molar-refractivity contribution in [1.29, 1.82) is 0 Å². The third kappa shape index (κ3) is 31.4. The van der Waals surface area contributed by atoms with E-state index >= 15 is 0 Å². The predicted molar refractivity (Wildman–Crippen MR) is 60.5 cm³/mol. The molecule has 0 rings (SSSR count). The summed E-state index contributed by atoms with van der Waals surface area (Å²) in [6.07, 6.45) is 0.167. The van der Waals surface area contributed by atoms with Gasteiger partial charge in [-0.1, -0.05) is 0 Å². The maximum atomic E-state index is 10.0. The van der Waals surface area contributed by atoms with Crippen molar-refractivity contribution in [2.24, 2.45) is 0 Å². The summed E-state index contributed by atoms with van der Waals surface area (Å²) >= 11 is 0. The molecule has 4 nitrogen and oxygen atoms in total. The Morgan fingerprint density at radius 2 is 0.733 bits per heavy atom. The van der Waals surface area contributed by atoms with Crippen molar-refractivity contribution in [2.75, 3.05) is 0 Å². The average Bonchev–Trinajstić information content (AvgIpc) is 1.79. The molecule has 0 heterocycles. The van der Waals surface area contributed by atoms with Gasteiger partial charge in [0.2, 0.25) is 0 Å². The van der Waals surface area contributed by atoms with Crippen molar-refractivity contribution in [2.45, 2.75) is 40.5 Å². The van der Waals surface area contributed by atoms with Crippen molar-refractivity contribution in [1.82, 2.24) is 0 Å². The second-order valence-electron chi connectivity index (χ2n) is 3.16. The fourth-order valence-corrected chi connectivity index (χ4v) is 0.701. The van der Waals surface area contributed by atoms with E-state index in [0.29, 0.717) is 0 Å². The SMILES string of the molecule is CC(=O)CC(C)=O.CC(=O)CC(C)=O.[BaH2]. The van der Waals surface area contributed by atoms with Crippen LogP contribution in [0.1, 0.15) is 40.5 Å². The summed E-state index contributed by atoms with van der Waals surface area (Å²) in [6.45, 7) is 5.62. The first-order chi connectivity index (χ1) is 6.25. The van der Waals surface area contributed by atoms with Gasteiger partial charge in [0.05, 0.1) is 12.8 Å². The summed E-state index contributed by atoms with van der Waals surface area (Å²) in [5.41, 5.74) is 0. The van der Waals surface area contributed by atoms with Gasteiger partial charge in [0.15, 0.2) is 0 Å². The van der Waals surface area contributed by atoms with Crippen molar-refractivity contribution in [3.05, 3.63) is 0 Å². The second kappa shape index (κ2) is 12.3. The fraction of sp³-hybridized carbons (Fsp3) is 0.600. The van der Waals surface area contributed by atoms with E-state index in [1.54, 1.807) is 0 Å². The Kier molecular flexibility index (Phi) is 17.0. The molecule has 0 fully saturated rings. The summed E-state index contributed by atoms with van der Waals surface area (Å²) in [7, 11) is 0. The molecule has 0 atom stereocenters. The zero-order chi connectivity index (χ0) is 11.7. The number of hydrogen-bond acceptors (Lipinski definition) is 4. The second-order valence-corrected chi connectivity index (χ2v) is 3.16. The Bertz CT molecular complexity index is 196. The van der Waals surface area contributed by atoms with Gasteiger partial charge in [-0.25, -0.2) is 0 Å². The summed E-state index contributed by atoms with van der Waals surface area (Å²) in [5.74, 6) is -0.250. The minimum absolute atomic E-state index is 0. The Morgan fingerprint density at radius 1 is 0.600 bits per heavy atom. The molecule has 0 aromatic rings. The Morgan fingerprint density at radius 3 is 0.733 bits per heavy atom. The van der Waals surface area contributed by atoms with Gasteiger partial charge in [0.25, 0.3) is 0 Å². The van der Waals surface area contributed by atoms with Crippen molar-refractivity contribution < 1.29 is 19.2 Å². The molecule has 0 aliphatic rings. The monoisotopic (exact) mass is 340 g/mol. The first-order valence-corrected chi connectivity index (χ1v) is 4.23. The zero-order valence-corrected chi connectivity index (χ0v) is 9.05. The molecule has 0 saturated heterocycles. The van der Waals surface area contributed by atoms with Gasteiger partial charge in [-0.3, -0.25) is 19.2 Å². The van der Waals surface area contributed by atoms with Crippen molar-refractivity contribution in [3.8, 4) is 0 Å². The molecule has 5 heteroatoms. The third-order valence-electron chi connectivity index (χ3n) is 0.996. The molecule has 0 bridgehead atoms. The molecular formula is C10H18BaO4. The maximum absolute atomic E-state index is 10.0. The molecule has 0 unspecified atom stereocenters. The minimum atomic E-state index is -0.0625. The van der Waals surface area contributed by atoms with Crippen molar-refractivity contribution in [3.63, 3.8) is 0 Å². The molecule has 0 aliphatic carbocycles. The van der Waals surface area contributed by atoms with E-state index in [2.05, 4.69) is 0 Å². The standard InChI is InChI=1S/2C5H8O2.Ba.2H/c2*1-4(6)3-5(2)7;;;/h2*3H2,1-2H3;;;. The summed E-state index contributed by atoms with van der Waals surface area (Å²) < 4.78 is 0. The Balaban J connectivity index is -0.000000180. The van der Waals surface area contributed by atoms with Gasteiger partial charge < -0.3 is 0 Å². The van der Waals surface area contributed by atoms with Gasteiger partial charge in [0.1, 0.15) is 23.1 Å². The van der Waals surface area contributed by atoms with Gasteiger partial charge in [-0.15, -0.1) is 0 Å². The van der Waals surface area contributed by atoms with Crippen LogP contribution in [0.4, 0.5) is 0 Å². The molecule has 0 amide bonds. The van der Waals surface area contributed by atoms with Crippen LogP contribution in [0.2, 0.25) is 0 Å². The van der Waals surface area contributed by atoms with Crippen LogP contribution in [0.3, 0.4) is 0 Å². The van der Waals surface area contributed by atoms with Gasteiger partial charge in [-0.05, 0) is 27.7 Å². The number of Topliss-reactive ketones (excluding diaryl/α,β-unsaturated/α-hetero) is 4. The first-order valence-electron chi connectivity index (χ1n) is 4.23. The Hall–Kier alpha value is 0.251. The normalized spacial score (nSPS) is 7.73. The van der Waals surface area contributed by atoms with E-state index in [0.717, 1.165) is 0 Å². The first kappa shape index (κ1) is 20.6. The molecule has 84 valence electrons. The molecular weight excluding hydrogens is 321 g/mol. The average molecular weight is 340 g/mol. The summed E-state index contributed by atoms with van der Waals surface area (Å²) in [4.78, 5) is 40.1. The summed E-state index contributed by atoms with van der Waals surface area (Å²) in [5, 5.41) is 0. The molecule has 0 radical (unpaired) electrons. The molecule has 0 aromatic heterocycles. The molecule has 15 heavy (non-hydrogen) atoms. The number of ketones is 4. The summed E-state index contributed by atoms with van der Waals surface area (Å²) in [6, 6.07) is 0. The molecule has 0 spiro atoms. The van der Waals surface area contributed by atoms with E-state index in [1.807, 2.05) is 0 Å². The van der Waals surface area contributed by atoms with Crippen LogP contribution in [0.25, 0.3) is 0 Å². The van der Waals surface area contributed by atoms with Crippen LogP contribution in [0, 0.1) is 0 Å². The quantitative estimate of drug-likeness (QED) is 0.542. The molecule has 0 aromatic carbocycles. The van der Waals surface area contributed by atoms with E-state index in [9.17, 15) is 19.2 Å². The van der Waals surface area contributed by atoms with E-state index in [1.165, 1.54) is 27.7 Å². The van der Waals surface area contributed by atoms with Crippen LogP contribution in [-0.4, -0.2) is 72.0 Å². The van der Waals surface area contributed by atoms with E-state index in [-0.39, 0.29) is 84.9 Å². The number of rotatable bonds is 4. The molecule has 0 aliphatic heterocycles. The van der Waals surface area contributed by atoms with Crippen LogP contribution in [-0.2, 0) is 19.2 Å². The topological polar surface area (TPSA) is 68.3 Å². The van der Waals surface area contributed by atoms with Crippen LogP contribution < -0.4 is 0 Å². The van der Waals surface area contributed by atoms with Gasteiger partial charge in [-0.2, -0.15) is 0 Å². The zero-order valence-electron chi connectivity index (χ0n) is 9.05. The van der Waals surface area contributed by atoms with Gasteiger partial charge in [0, 0.05) is 0 Å². The molecule has 0 saturated carbocycles. The van der Waals surface area contributed by atoms with Crippen molar-refractivity contribution >= 4 is 72.0 Å². The number of hydrogen-bond donors (Lipinski definition) is 0. The van der Waals surface area contributed by atoms with Crippen LogP contribution >= 0.6 is 0 Å². The molecule has 0 N–H and O–H groups in total. The number of carbonyl (C=O) groups is 4. The number of carbonyl (C=O) groups excluding carboxylic acids is 4. The van der Waals surface area contributed by atoms with Crippen LogP contribution in [0.15, 0.2) is 0 Å².